The second-order valence-corrected chi connectivity index (χ2v) is 5.18. The third-order valence-corrected chi connectivity index (χ3v) is 3.60. The Kier molecular flexibility index (Phi) is 3.77. The maximum atomic E-state index is 12.5. The van der Waals surface area contributed by atoms with Crippen LogP contribution in [0.1, 0.15) is 32.5 Å². The van der Waals surface area contributed by atoms with Gasteiger partial charge in [0.15, 0.2) is 28.9 Å². The first-order chi connectivity index (χ1) is 11.0. The van der Waals surface area contributed by atoms with Crippen LogP contribution in [-0.2, 0) is 0 Å². The number of ketones is 1. The quantitative estimate of drug-likeness (QED) is 0.926. The Bertz CT molecular complexity index is 781. The molecule has 2 heterocycles. The number of carbonyl (C=O) groups is 2. The van der Waals surface area contributed by atoms with Crippen molar-refractivity contribution in [1.29, 1.82) is 0 Å². The topological polar surface area (TPSA) is 90.7 Å². The molecule has 0 saturated carbocycles. The van der Waals surface area contributed by atoms with Crippen molar-refractivity contribution in [2.75, 3.05) is 13.7 Å². The molecule has 0 aliphatic carbocycles. The number of Topliss-reactive ketones (excluding diaryl/α,β-unsaturated/α-hetero) is 1. The van der Waals surface area contributed by atoms with Crippen LogP contribution in [0.4, 0.5) is 0 Å². The number of amides is 1. The van der Waals surface area contributed by atoms with Crippen molar-refractivity contribution in [3.8, 4) is 11.5 Å². The average Bonchev–Trinajstić information content (AvgIpc) is 2.88. The molecule has 1 atom stereocenters. The molecule has 3 rings (SSSR count). The fraction of sp³-hybridized carbons (Fsp3) is 0.312. The van der Waals surface area contributed by atoms with Gasteiger partial charge in [0.25, 0.3) is 5.91 Å². The molecule has 1 N–H and O–H groups in total. The molecule has 0 bridgehead atoms. The Morgan fingerprint density at radius 1 is 1.39 bits per heavy atom. The van der Waals surface area contributed by atoms with Crippen LogP contribution in [-0.4, -0.2) is 36.4 Å². The lowest BCUT2D eigenvalue weighted by molar-refractivity contribution is 0.0789. The summed E-state index contributed by atoms with van der Waals surface area (Å²) < 4.78 is 16.0. The molecular formula is C16H16N2O5. The van der Waals surface area contributed by atoms with E-state index < -0.39 is 11.9 Å². The highest BCUT2D eigenvalue weighted by molar-refractivity contribution is 6.07. The highest BCUT2D eigenvalue weighted by atomic mass is 16.5. The van der Waals surface area contributed by atoms with Gasteiger partial charge in [-0.05, 0) is 19.1 Å². The number of rotatable bonds is 3. The Hall–Kier alpha value is -2.83. The second kappa shape index (κ2) is 5.75. The molecule has 1 aromatic heterocycles. The van der Waals surface area contributed by atoms with Crippen LogP contribution in [0, 0.1) is 13.8 Å². The van der Waals surface area contributed by atoms with Crippen LogP contribution in [0.15, 0.2) is 22.6 Å². The zero-order chi connectivity index (χ0) is 16.6. The van der Waals surface area contributed by atoms with E-state index in [0.29, 0.717) is 28.7 Å². The first kappa shape index (κ1) is 15.1. The molecule has 1 aliphatic heterocycles. The molecule has 1 unspecified atom stereocenters. The molecule has 0 saturated heterocycles. The zero-order valence-electron chi connectivity index (χ0n) is 13.0. The predicted molar refractivity (Wildman–Crippen MR) is 80.1 cm³/mol. The molecule has 120 valence electrons. The van der Waals surface area contributed by atoms with E-state index in [1.54, 1.807) is 32.0 Å². The molecule has 1 amide bonds. The molecule has 7 heteroatoms. The Labute approximate surface area is 132 Å². The third-order valence-electron chi connectivity index (χ3n) is 3.60. The van der Waals surface area contributed by atoms with E-state index in [9.17, 15) is 9.59 Å². The summed E-state index contributed by atoms with van der Waals surface area (Å²) in [6.45, 7) is 3.34. The fourth-order valence-corrected chi connectivity index (χ4v) is 2.52. The summed E-state index contributed by atoms with van der Waals surface area (Å²) in [5.41, 5.74) is 0.556. The lowest BCUT2D eigenvalue weighted by Crippen LogP contribution is -2.47. The highest BCUT2D eigenvalue weighted by Gasteiger charge is 2.32. The van der Waals surface area contributed by atoms with Gasteiger partial charge in [-0.1, -0.05) is 6.07 Å². The van der Waals surface area contributed by atoms with Gasteiger partial charge in [0.1, 0.15) is 18.4 Å². The molecule has 0 fully saturated rings. The number of aromatic nitrogens is 1. The number of oxazole rings is 1. The Morgan fingerprint density at radius 2 is 2.17 bits per heavy atom. The number of methoxy groups -OCH3 is 1. The minimum Gasteiger partial charge on any atom is -0.493 e. The van der Waals surface area contributed by atoms with Crippen molar-refractivity contribution in [3.63, 3.8) is 0 Å². The SMILES string of the molecule is COc1cccc2c1OCC(NC(=O)c1nc(C)oc1C)C2=O. The van der Waals surface area contributed by atoms with Crippen LogP contribution >= 0.6 is 0 Å². The number of carbonyl (C=O) groups excluding carboxylic acids is 2. The van der Waals surface area contributed by atoms with Crippen molar-refractivity contribution < 1.29 is 23.5 Å². The Balaban J connectivity index is 1.82. The first-order valence-electron chi connectivity index (χ1n) is 7.10. The lowest BCUT2D eigenvalue weighted by atomic mass is 10.0. The van der Waals surface area contributed by atoms with Gasteiger partial charge in [0, 0.05) is 6.92 Å². The van der Waals surface area contributed by atoms with Gasteiger partial charge < -0.3 is 19.2 Å². The van der Waals surface area contributed by atoms with E-state index in [1.807, 2.05) is 0 Å². The number of fused-ring (bicyclic) bond motifs is 1. The number of benzene rings is 1. The molecule has 1 aliphatic rings. The van der Waals surface area contributed by atoms with Gasteiger partial charge in [0.05, 0.1) is 12.7 Å². The summed E-state index contributed by atoms with van der Waals surface area (Å²) in [5.74, 6) is 1.01. The number of para-hydroxylation sites is 1. The number of hydrogen-bond acceptors (Lipinski definition) is 6. The van der Waals surface area contributed by atoms with E-state index in [1.165, 1.54) is 7.11 Å². The maximum absolute atomic E-state index is 12.5. The van der Waals surface area contributed by atoms with Crippen LogP contribution in [0.3, 0.4) is 0 Å². The first-order valence-corrected chi connectivity index (χ1v) is 7.10. The molecule has 23 heavy (non-hydrogen) atoms. The summed E-state index contributed by atoms with van der Waals surface area (Å²) in [6, 6.07) is 4.28. The average molecular weight is 316 g/mol. The summed E-state index contributed by atoms with van der Waals surface area (Å²) in [6.07, 6.45) is 0. The zero-order valence-corrected chi connectivity index (χ0v) is 13.0. The van der Waals surface area contributed by atoms with Gasteiger partial charge in [-0.15, -0.1) is 0 Å². The summed E-state index contributed by atoms with van der Waals surface area (Å²) in [5, 5.41) is 2.64. The minimum atomic E-state index is -0.779. The van der Waals surface area contributed by atoms with Crippen LogP contribution < -0.4 is 14.8 Å². The van der Waals surface area contributed by atoms with Crippen molar-refractivity contribution >= 4 is 11.7 Å². The smallest absolute Gasteiger partial charge is 0.274 e. The molecule has 1 aromatic carbocycles. The number of nitrogens with one attached hydrogen (secondary N) is 1. The normalized spacial score (nSPS) is 16.5. The monoisotopic (exact) mass is 316 g/mol. The van der Waals surface area contributed by atoms with E-state index in [-0.39, 0.29) is 18.1 Å². The van der Waals surface area contributed by atoms with Crippen molar-refractivity contribution in [3.05, 3.63) is 41.1 Å². The van der Waals surface area contributed by atoms with E-state index in [0.717, 1.165) is 0 Å². The number of nitrogens with zero attached hydrogens (tertiary/aromatic N) is 1. The van der Waals surface area contributed by atoms with E-state index in [2.05, 4.69) is 10.3 Å². The standard InChI is InChI=1S/C16H16N2O5/c1-8-13(17-9(2)23-8)16(20)18-11-7-22-15-10(14(11)19)5-4-6-12(15)21-3/h4-6,11H,7H2,1-3H3,(H,18,20). The number of aryl methyl sites for hydroxylation is 2. The van der Waals surface area contributed by atoms with Crippen molar-refractivity contribution in [2.45, 2.75) is 19.9 Å². The lowest BCUT2D eigenvalue weighted by Gasteiger charge is -2.25. The van der Waals surface area contributed by atoms with E-state index in [4.69, 9.17) is 13.9 Å². The summed E-state index contributed by atoms with van der Waals surface area (Å²) in [7, 11) is 1.51. The van der Waals surface area contributed by atoms with Crippen molar-refractivity contribution in [2.24, 2.45) is 0 Å². The minimum absolute atomic E-state index is 0.0355. The van der Waals surface area contributed by atoms with Crippen LogP contribution in [0.25, 0.3) is 0 Å². The predicted octanol–water partition coefficient (Wildman–Crippen LogP) is 1.67. The number of hydrogen-bond donors (Lipinski definition) is 1. The molecular weight excluding hydrogens is 300 g/mol. The van der Waals surface area contributed by atoms with Crippen molar-refractivity contribution in [1.82, 2.24) is 10.3 Å². The van der Waals surface area contributed by atoms with E-state index >= 15 is 0 Å². The molecule has 0 spiro atoms. The molecule has 7 nitrogen and oxygen atoms in total. The van der Waals surface area contributed by atoms with Crippen LogP contribution in [0.5, 0.6) is 11.5 Å². The van der Waals surface area contributed by atoms with Gasteiger partial charge in [0.2, 0.25) is 0 Å². The summed E-state index contributed by atoms with van der Waals surface area (Å²) in [4.78, 5) is 28.8. The maximum Gasteiger partial charge on any atom is 0.274 e. The Morgan fingerprint density at radius 3 is 2.83 bits per heavy atom. The number of ether oxygens (including phenoxy) is 2. The van der Waals surface area contributed by atoms with Gasteiger partial charge in [-0.3, -0.25) is 9.59 Å². The summed E-state index contributed by atoms with van der Waals surface area (Å²) >= 11 is 0. The fourth-order valence-electron chi connectivity index (χ4n) is 2.52. The third kappa shape index (κ3) is 2.65. The van der Waals surface area contributed by atoms with Crippen LogP contribution in [0.2, 0.25) is 0 Å². The highest BCUT2D eigenvalue weighted by Crippen LogP contribution is 2.34. The van der Waals surface area contributed by atoms with Gasteiger partial charge >= 0.3 is 0 Å². The molecule has 2 aromatic rings. The largest absolute Gasteiger partial charge is 0.493 e. The van der Waals surface area contributed by atoms with Gasteiger partial charge in [-0.25, -0.2) is 4.98 Å². The second-order valence-electron chi connectivity index (χ2n) is 5.18. The van der Waals surface area contributed by atoms with Gasteiger partial charge in [-0.2, -0.15) is 0 Å². The molecule has 0 radical (unpaired) electrons.